The molecule has 1 fully saturated rings. The van der Waals surface area contributed by atoms with Crippen LogP contribution in [0.25, 0.3) is 0 Å². The SMILES string of the molecule is Cc1cccc(C)c1OC[C@H](O)CNC(=O)CCNC(=O)[C@@H]1C[C@@H]1C. The van der Waals surface area contributed by atoms with Crippen LogP contribution < -0.4 is 15.4 Å². The molecule has 0 aliphatic heterocycles. The lowest BCUT2D eigenvalue weighted by Crippen LogP contribution is -2.37. The van der Waals surface area contributed by atoms with E-state index in [0.29, 0.717) is 12.5 Å². The van der Waals surface area contributed by atoms with Gasteiger partial charge in [-0.05, 0) is 37.3 Å². The van der Waals surface area contributed by atoms with Crippen LogP contribution in [0, 0.1) is 25.7 Å². The number of hydrogen-bond donors (Lipinski definition) is 3. The number of nitrogens with one attached hydrogen (secondary N) is 2. The molecule has 6 nitrogen and oxygen atoms in total. The fourth-order valence-corrected chi connectivity index (χ4v) is 2.70. The van der Waals surface area contributed by atoms with Crippen molar-refractivity contribution in [2.45, 2.75) is 39.7 Å². The molecule has 0 heterocycles. The van der Waals surface area contributed by atoms with Crippen molar-refractivity contribution in [3.8, 4) is 5.75 Å². The number of aliphatic hydroxyl groups is 1. The monoisotopic (exact) mass is 348 g/mol. The number of ether oxygens (including phenoxy) is 1. The zero-order valence-corrected chi connectivity index (χ0v) is 15.2. The number of benzene rings is 1. The number of aryl methyl sites for hydroxylation is 2. The molecule has 1 aromatic carbocycles. The van der Waals surface area contributed by atoms with Crippen LogP contribution in [-0.4, -0.2) is 42.7 Å². The average molecular weight is 348 g/mol. The molecule has 6 heteroatoms. The summed E-state index contributed by atoms with van der Waals surface area (Å²) < 4.78 is 5.66. The molecule has 138 valence electrons. The average Bonchev–Trinajstić information content (AvgIpc) is 3.29. The van der Waals surface area contributed by atoms with Crippen LogP contribution in [0.3, 0.4) is 0 Å². The van der Waals surface area contributed by atoms with Crippen LogP contribution in [0.15, 0.2) is 18.2 Å². The van der Waals surface area contributed by atoms with Gasteiger partial charge in [-0.25, -0.2) is 0 Å². The first kappa shape index (κ1) is 19.2. The maximum Gasteiger partial charge on any atom is 0.223 e. The minimum Gasteiger partial charge on any atom is -0.490 e. The molecule has 2 rings (SSSR count). The highest BCUT2D eigenvalue weighted by molar-refractivity contribution is 5.82. The molecule has 1 aliphatic rings. The maximum absolute atomic E-state index is 11.7. The van der Waals surface area contributed by atoms with Crippen LogP contribution in [0.4, 0.5) is 0 Å². The second-order valence-electron chi connectivity index (χ2n) is 6.85. The molecule has 1 saturated carbocycles. The molecule has 0 bridgehead atoms. The molecule has 25 heavy (non-hydrogen) atoms. The molecular formula is C19H28N2O4. The van der Waals surface area contributed by atoms with Crippen molar-refractivity contribution in [2.24, 2.45) is 11.8 Å². The summed E-state index contributed by atoms with van der Waals surface area (Å²) in [5, 5.41) is 15.4. The summed E-state index contributed by atoms with van der Waals surface area (Å²) in [5.41, 5.74) is 2.02. The van der Waals surface area contributed by atoms with Crippen LogP contribution in [-0.2, 0) is 9.59 Å². The van der Waals surface area contributed by atoms with Gasteiger partial charge in [0, 0.05) is 25.4 Å². The normalized spacial score (nSPS) is 19.8. The van der Waals surface area contributed by atoms with E-state index in [1.165, 1.54) is 0 Å². The van der Waals surface area contributed by atoms with Crippen molar-refractivity contribution in [2.75, 3.05) is 19.7 Å². The first-order chi connectivity index (χ1) is 11.9. The lowest BCUT2D eigenvalue weighted by Gasteiger charge is -2.16. The summed E-state index contributed by atoms with van der Waals surface area (Å²) in [6.07, 6.45) is 0.354. The quantitative estimate of drug-likeness (QED) is 0.628. The zero-order valence-electron chi connectivity index (χ0n) is 15.2. The highest BCUT2D eigenvalue weighted by Crippen LogP contribution is 2.37. The highest BCUT2D eigenvalue weighted by Gasteiger charge is 2.38. The molecule has 0 saturated heterocycles. The van der Waals surface area contributed by atoms with Gasteiger partial charge in [0.05, 0.1) is 0 Å². The lowest BCUT2D eigenvalue weighted by molar-refractivity contribution is -0.123. The third-order valence-corrected chi connectivity index (χ3v) is 4.46. The Kier molecular flexibility index (Phi) is 6.82. The van der Waals surface area contributed by atoms with Gasteiger partial charge in [-0.1, -0.05) is 25.1 Å². The zero-order chi connectivity index (χ0) is 18.4. The molecule has 1 aliphatic carbocycles. The Hall–Kier alpha value is -2.08. The summed E-state index contributed by atoms with van der Waals surface area (Å²) in [5.74, 6) is 1.18. The topological polar surface area (TPSA) is 87.7 Å². The van der Waals surface area contributed by atoms with E-state index >= 15 is 0 Å². The summed E-state index contributed by atoms with van der Waals surface area (Å²) in [4.78, 5) is 23.4. The summed E-state index contributed by atoms with van der Waals surface area (Å²) in [6, 6.07) is 5.86. The smallest absolute Gasteiger partial charge is 0.223 e. The van der Waals surface area contributed by atoms with E-state index in [2.05, 4.69) is 10.6 Å². The Morgan fingerprint density at radius 3 is 2.52 bits per heavy atom. The Morgan fingerprint density at radius 2 is 1.92 bits per heavy atom. The standard InChI is InChI=1S/C19H28N2O4/c1-12-5-4-6-13(2)18(12)25-11-15(22)10-21-17(23)7-8-20-19(24)16-9-14(16)3/h4-6,14-16,22H,7-11H2,1-3H3,(H,20,24)(H,21,23)/t14-,15+,16+/m0/s1. The number of hydrogen-bond acceptors (Lipinski definition) is 4. The van der Waals surface area contributed by atoms with Crippen molar-refractivity contribution in [1.82, 2.24) is 10.6 Å². The van der Waals surface area contributed by atoms with Gasteiger partial charge in [-0.15, -0.1) is 0 Å². The van der Waals surface area contributed by atoms with Crippen LogP contribution in [0.1, 0.15) is 30.9 Å². The molecule has 0 unspecified atom stereocenters. The molecule has 0 aromatic heterocycles. The van der Waals surface area contributed by atoms with Crippen LogP contribution >= 0.6 is 0 Å². The first-order valence-corrected chi connectivity index (χ1v) is 8.80. The third-order valence-electron chi connectivity index (χ3n) is 4.46. The predicted octanol–water partition coefficient (Wildman–Crippen LogP) is 1.32. The highest BCUT2D eigenvalue weighted by atomic mass is 16.5. The molecule has 3 atom stereocenters. The van der Waals surface area contributed by atoms with Gasteiger partial charge in [0.2, 0.25) is 11.8 Å². The van der Waals surface area contributed by atoms with Crippen molar-refractivity contribution in [1.29, 1.82) is 0 Å². The second kappa shape index (κ2) is 8.85. The van der Waals surface area contributed by atoms with E-state index in [1.54, 1.807) is 0 Å². The lowest BCUT2D eigenvalue weighted by atomic mass is 10.1. The summed E-state index contributed by atoms with van der Waals surface area (Å²) in [7, 11) is 0. The van der Waals surface area contributed by atoms with Gasteiger partial charge in [0.25, 0.3) is 0 Å². The fourth-order valence-electron chi connectivity index (χ4n) is 2.70. The Morgan fingerprint density at radius 1 is 1.28 bits per heavy atom. The van der Waals surface area contributed by atoms with Gasteiger partial charge in [0.1, 0.15) is 18.5 Å². The minimum absolute atomic E-state index is 0.0299. The largest absolute Gasteiger partial charge is 0.490 e. The van der Waals surface area contributed by atoms with Crippen molar-refractivity contribution < 1.29 is 19.4 Å². The summed E-state index contributed by atoms with van der Waals surface area (Å²) >= 11 is 0. The Balaban J connectivity index is 1.60. The number of amides is 2. The summed E-state index contributed by atoms with van der Waals surface area (Å²) in [6.45, 7) is 6.50. The number of carbonyl (C=O) groups excluding carboxylic acids is 2. The van der Waals surface area contributed by atoms with E-state index in [9.17, 15) is 14.7 Å². The van der Waals surface area contributed by atoms with Crippen LogP contribution in [0.5, 0.6) is 5.75 Å². The van der Waals surface area contributed by atoms with E-state index in [0.717, 1.165) is 23.3 Å². The fraction of sp³-hybridized carbons (Fsp3) is 0.579. The number of para-hydroxylation sites is 1. The second-order valence-corrected chi connectivity index (χ2v) is 6.85. The molecule has 1 aromatic rings. The van der Waals surface area contributed by atoms with Gasteiger partial charge in [-0.3, -0.25) is 9.59 Å². The maximum atomic E-state index is 11.7. The molecule has 3 N–H and O–H groups in total. The molecule has 0 spiro atoms. The molecule has 2 amide bonds. The van der Waals surface area contributed by atoms with E-state index in [4.69, 9.17) is 4.74 Å². The van der Waals surface area contributed by atoms with Crippen molar-refractivity contribution >= 4 is 11.8 Å². The number of rotatable bonds is 9. The third kappa shape index (κ3) is 6.05. The van der Waals surface area contributed by atoms with Gasteiger partial charge < -0.3 is 20.5 Å². The molecule has 0 radical (unpaired) electrons. The number of aliphatic hydroxyl groups excluding tert-OH is 1. The van der Waals surface area contributed by atoms with Gasteiger partial charge in [-0.2, -0.15) is 0 Å². The molecular weight excluding hydrogens is 320 g/mol. The van der Waals surface area contributed by atoms with Crippen molar-refractivity contribution in [3.05, 3.63) is 29.3 Å². The van der Waals surface area contributed by atoms with E-state index in [1.807, 2.05) is 39.0 Å². The van der Waals surface area contributed by atoms with Gasteiger partial charge >= 0.3 is 0 Å². The minimum atomic E-state index is -0.787. The van der Waals surface area contributed by atoms with Crippen molar-refractivity contribution in [3.63, 3.8) is 0 Å². The van der Waals surface area contributed by atoms with E-state index < -0.39 is 6.10 Å². The first-order valence-electron chi connectivity index (χ1n) is 8.80. The number of carbonyl (C=O) groups is 2. The van der Waals surface area contributed by atoms with Crippen LogP contribution in [0.2, 0.25) is 0 Å². The van der Waals surface area contributed by atoms with E-state index in [-0.39, 0.29) is 37.3 Å². The predicted molar refractivity (Wildman–Crippen MR) is 95.3 cm³/mol. The Bertz CT molecular complexity index is 597. The Labute approximate surface area is 149 Å². The van der Waals surface area contributed by atoms with Gasteiger partial charge in [0.15, 0.2) is 0 Å².